The van der Waals surface area contributed by atoms with Crippen molar-refractivity contribution in [3.63, 3.8) is 0 Å². The standard InChI is InChI=1S/C23H17ClF3N3/c24-19-10-12-20(13-11-19)28-14-17-15-30(21-4-2-1-3-5-21)29-22(17)16-6-8-18(9-7-16)23(25,26)27/h1-13,15,28H,14H2. The van der Waals surface area contributed by atoms with Crippen LogP contribution in [0.4, 0.5) is 18.9 Å². The van der Waals surface area contributed by atoms with Crippen LogP contribution in [0.3, 0.4) is 0 Å². The summed E-state index contributed by atoms with van der Waals surface area (Å²) >= 11 is 5.93. The van der Waals surface area contributed by atoms with Crippen molar-refractivity contribution in [1.29, 1.82) is 0 Å². The van der Waals surface area contributed by atoms with E-state index in [0.29, 0.717) is 22.8 Å². The Labute approximate surface area is 176 Å². The summed E-state index contributed by atoms with van der Waals surface area (Å²) in [5.74, 6) is 0. The summed E-state index contributed by atoms with van der Waals surface area (Å²) < 4.78 is 40.5. The molecule has 3 nitrogen and oxygen atoms in total. The highest BCUT2D eigenvalue weighted by Gasteiger charge is 2.30. The van der Waals surface area contributed by atoms with E-state index in [1.165, 1.54) is 12.1 Å². The van der Waals surface area contributed by atoms with E-state index in [2.05, 4.69) is 10.4 Å². The Morgan fingerprint density at radius 3 is 2.17 bits per heavy atom. The maximum Gasteiger partial charge on any atom is 0.416 e. The number of para-hydroxylation sites is 1. The molecule has 0 spiro atoms. The van der Waals surface area contributed by atoms with Crippen LogP contribution in [0.5, 0.6) is 0 Å². The van der Waals surface area contributed by atoms with Gasteiger partial charge in [0.15, 0.2) is 0 Å². The normalized spacial score (nSPS) is 11.5. The van der Waals surface area contributed by atoms with Crippen LogP contribution in [0.2, 0.25) is 5.02 Å². The first-order valence-corrected chi connectivity index (χ1v) is 9.59. The van der Waals surface area contributed by atoms with Crippen molar-refractivity contribution in [3.8, 4) is 16.9 Å². The fourth-order valence-electron chi connectivity index (χ4n) is 3.08. The minimum atomic E-state index is -4.37. The summed E-state index contributed by atoms with van der Waals surface area (Å²) in [6.45, 7) is 0.449. The SMILES string of the molecule is FC(F)(F)c1ccc(-c2nn(-c3ccccc3)cc2CNc2ccc(Cl)cc2)cc1. The lowest BCUT2D eigenvalue weighted by atomic mass is 10.1. The van der Waals surface area contributed by atoms with Gasteiger partial charge < -0.3 is 5.32 Å². The molecular formula is C23H17ClF3N3. The van der Waals surface area contributed by atoms with Gasteiger partial charge in [0.2, 0.25) is 0 Å². The molecular weight excluding hydrogens is 411 g/mol. The Morgan fingerprint density at radius 2 is 1.53 bits per heavy atom. The van der Waals surface area contributed by atoms with Crippen LogP contribution in [0.25, 0.3) is 16.9 Å². The van der Waals surface area contributed by atoms with E-state index in [-0.39, 0.29) is 0 Å². The number of nitrogens with one attached hydrogen (secondary N) is 1. The molecule has 0 saturated carbocycles. The lowest BCUT2D eigenvalue weighted by Gasteiger charge is -2.09. The summed E-state index contributed by atoms with van der Waals surface area (Å²) in [6.07, 6.45) is -2.49. The van der Waals surface area contributed by atoms with Crippen molar-refractivity contribution in [2.75, 3.05) is 5.32 Å². The molecule has 3 aromatic carbocycles. The molecule has 1 heterocycles. The van der Waals surface area contributed by atoms with Gasteiger partial charge in [-0.05, 0) is 48.5 Å². The van der Waals surface area contributed by atoms with E-state index in [1.807, 2.05) is 48.7 Å². The number of alkyl halides is 3. The van der Waals surface area contributed by atoms with Crippen molar-refractivity contribution < 1.29 is 13.2 Å². The van der Waals surface area contributed by atoms with Crippen LogP contribution < -0.4 is 5.32 Å². The smallest absolute Gasteiger partial charge is 0.381 e. The molecule has 0 aliphatic rings. The molecule has 0 bridgehead atoms. The second-order valence-electron chi connectivity index (χ2n) is 6.72. The number of nitrogens with zero attached hydrogens (tertiary/aromatic N) is 2. The van der Waals surface area contributed by atoms with Crippen molar-refractivity contribution in [3.05, 3.63) is 101 Å². The number of anilines is 1. The summed E-state index contributed by atoms with van der Waals surface area (Å²) in [5, 5.41) is 8.59. The average Bonchev–Trinajstić information content (AvgIpc) is 3.18. The van der Waals surface area contributed by atoms with Gasteiger partial charge in [0.05, 0.1) is 16.9 Å². The summed E-state index contributed by atoms with van der Waals surface area (Å²) in [6, 6.07) is 21.9. The highest BCUT2D eigenvalue weighted by Crippen LogP contribution is 2.32. The Bertz CT molecular complexity index is 1120. The number of rotatable bonds is 5. The van der Waals surface area contributed by atoms with E-state index in [9.17, 15) is 13.2 Å². The number of aromatic nitrogens is 2. The first-order chi connectivity index (χ1) is 14.4. The topological polar surface area (TPSA) is 29.9 Å². The van der Waals surface area contributed by atoms with Gasteiger partial charge in [-0.1, -0.05) is 41.9 Å². The van der Waals surface area contributed by atoms with Crippen LogP contribution in [0.15, 0.2) is 85.1 Å². The highest BCUT2D eigenvalue weighted by atomic mass is 35.5. The van der Waals surface area contributed by atoms with Gasteiger partial charge in [0.25, 0.3) is 0 Å². The van der Waals surface area contributed by atoms with E-state index < -0.39 is 11.7 Å². The quantitative estimate of drug-likeness (QED) is 0.378. The van der Waals surface area contributed by atoms with Gasteiger partial charge in [-0.15, -0.1) is 0 Å². The molecule has 7 heteroatoms. The lowest BCUT2D eigenvalue weighted by molar-refractivity contribution is -0.137. The van der Waals surface area contributed by atoms with Crippen molar-refractivity contribution in [1.82, 2.24) is 9.78 Å². The average molecular weight is 428 g/mol. The summed E-state index contributed by atoms with van der Waals surface area (Å²) in [5.41, 5.74) is 3.15. The summed E-state index contributed by atoms with van der Waals surface area (Å²) in [7, 11) is 0. The van der Waals surface area contributed by atoms with Crippen molar-refractivity contribution in [2.24, 2.45) is 0 Å². The zero-order chi connectivity index (χ0) is 21.1. The van der Waals surface area contributed by atoms with E-state index in [1.54, 1.807) is 16.8 Å². The molecule has 1 N–H and O–H groups in total. The summed E-state index contributed by atoms with van der Waals surface area (Å²) in [4.78, 5) is 0. The molecule has 0 unspecified atom stereocenters. The number of halogens is 4. The molecule has 1 aromatic heterocycles. The second kappa shape index (κ2) is 8.24. The molecule has 0 amide bonds. The molecule has 0 aliphatic carbocycles. The minimum Gasteiger partial charge on any atom is -0.381 e. The maximum atomic E-state index is 12.9. The van der Waals surface area contributed by atoms with E-state index in [4.69, 9.17) is 11.6 Å². The molecule has 30 heavy (non-hydrogen) atoms. The van der Waals surface area contributed by atoms with Crippen LogP contribution in [-0.4, -0.2) is 9.78 Å². The van der Waals surface area contributed by atoms with Crippen molar-refractivity contribution >= 4 is 17.3 Å². The molecule has 0 saturated heterocycles. The van der Waals surface area contributed by atoms with Gasteiger partial charge in [-0.3, -0.25) is 0 Å². The Kier molecular flexibility index (Phi) is 5.50. The fourth-order valence-corrected chi connectivity index (χ4v) is 3.20. The van der Waals surface area contributed by atoms with Gasteiger partial charge in [-0.25, -0.2) is 4.68 Å². The highest BCUT2D eigenvalue weighted by molar-refractivity contribution is 6.30. The number of hydrogen-bond donors (Lipinski definition) is 1. The predicted octanol–water partition coefficient (Wildman–Crippen LogP) is 6.82. The van der Waals surface area contributed by atoms with Gasteiger partial charge in [0, 0.05) is 34.6 Å². The van der Waals surface area contributed by atoms with Gasteiger partial charge in [0.1, 0.15) is 0 Å². The monoisotopic (exact) mass is 427 g/mol. The van der Waals surface area contributed by atoms with Gasteiger partial charge >= 0.3 is 6.18 Å². The second-order valence-corrected chi connectivity index (χ2v) is 7.16. The fraction of sp³-hybridized carbons (Fsp3) is 0.0870. The zero-order valence-electron chi connectivity index (χ0n) is 15.7. The lowest BCUT2D eigenvalue weighted by Crippen LogP contribution is -2.04. The first kappa shape index (κ1) is 20.0. The van der Waals surface area contributed by atoms with Crippen molar-refractivity contribution in [2.45, 2.75) is 12.7 Å². The number of benzene rings is 3. The Balaban J connectivity index is 1.68. The predicted molar refractivity (Wildman–Crippen MR) is 113 cm³/mol. The largest absolute Gasteiger partial charge is 0.416 e. The number of hydrogen-bond acceptors (Lipinski definition) is 2. The third-order valence-electron chi connectivity index (χ3n) is 4.62. The van der Waals surface area contributed by atoms with Gasteiger partial charge in [-0.2, -0.15) is 18.3 Å². The maximum absolute atomic E-state index is 12.9. The molecule has 4 aromatic rings. The third kappa shape index (κ3) is 4.49. The van der Waals surface area contributed by atoms with E-state index >= 15 is 0 Å². The molecule has 4 rings (SSSR count). The van der Waals surface area contributed by atoms with Crippen LogP contribution in [-0.2, 0) is 12.7 Å². The van der Waals surface area contributed by atoms with Crippen LogP contribution >= 0.6 is 11.6 Å². The third-order valence-corrected chi connectivity index (χ3v) is 4.88. The molecule has 0 aliphatic heterocycles. The molecule has 152 valence electrons. The molecule has 0 radical (unpaired) electrons. The van der Waals surface area contributed by atoms with Crippen LogP contribution in [0.1, 0.15) is 11.1 Å². The minimum absolute atomic E-state index is 0.449. The first-order valence-electron chi connectivity index (χ1n) is 9.21. The van der Waals surface area contributed by atoms with Crippen LogP contribution in [0, 0.1) is 0 Å². The van der Waals surface area contributed by atoms with E-state index in [0.717, 1.165) is 29.1 Å². The zero-order valence-corrected chi connectivity index (χ0v) is 16.5. The Morgan fingerprint density at radius 1 is 0.867 bits per heavy atom. The molecule has 0 fully saturated rings. The Hall–Kier alpha value is -3.25. The molecule has 0 atom stereocenters.